The highest BCUT2D eigenvalue weighted by atomic mass is 32.1. The molecule has 0 saturated carbocycles. The number of rotatable bonds is 4. The highest BCUT2D eigenvalue weighted by Gasteiger charge is 2.26. The van der Waals surface area contributed by atoms with Gasteiger partial charge in [0.25, 0.3) is 5.91 Å². The van der Waals surface area contributed by atoms with Gasteiger partial charge in [-0.05, 0) is 25.5 Å². The molecule has 2 aromatic heterocycles. The van der Waals surface area contributed by atoms with Gasteiger partial charge in [0.15, 0.2) is 5.13 Å². The van der Waals surface area contributed by atoms with Gasteiger partial charge in [0.05, 0.1) is 23.1 Å². The fourth-order valence-electron chi connectivity index (χ4n) is 3.15. The van der Waals surface area contributed by atoms with Gasteiger partial charge in [-0.1, -0.05) is 18.2 Å². The molecule has 6 nitrogen and oxygen atoms in total. The molecule has 1 aliphatic rings. The number of thiazole rings is 1. The van der Waals surface area contributed by atoms with Gasteiger partial charge >= 0.3 is 0 Å². The lowest BCUT2D eigenvalue weighted by Crippen LogP contribution is -2.37. The van der Waals surface area contributed by atoms with Gasteiger partial charge in [0, 0.05) is 30.7 Å². The summed E-state index contributed by atoms with van der Waals surface area (Å²) in [5, 5.41) is 10.5. The summed E-state index contributed by atoms with van der Waals surface area (Å²) in [6.07, 6.45) is 4.38. The molecule has 3 aromatic rings. The average Bonchev–Trinajstić information content (AvgIpc) is 3.35. The monoisotopic (exact) mass is 353 g/mol. The molecule has 1 N–H and O–H groups in total. The topological polar surface area (TPSA) is 63.1 Å². The molecule has 1 aliphatic heterocycles. The molecule has 1 fully saturated rings. The molecule has 0 aliphatic carbocycles. The predicted molar refractivity (Wildman–Crippen MR) is 98.5 cm³/mol. The first-order chi connectivity index (χ1) is 12.2. The summed E-state index contributed by atoms with van der Waals surface area (Å²) in [5.74, 6) is -0.0642. The summed E-state index contributed by atoms with van der Waals surface area (Å²) in [5.41, 5.74) is 2.42. The van der Waals surface area contributed by atoms with Gasteiger partial charge in [-0.3, -0.25) is 4.79 Å². The summed E-state index contributed by atoms with van der Waals surface area (Å²) < 4.78 is 1.80. The van der Waals surface area contributed by atoms with Crippen molar-refractivity contribution in [2.24, 2.45) is 0 Å². The fraction of sp³-hybridized carbons (Fsp3) is 0.278. The van der Waals surface area contributed by atoms with Crippen LogP contribution in [0.25, 0.3) is 5.69 Å². The van der Waals surface area contributed by atoms with Crippen molar-refractivity contribution >= 4 is 22.4 Å². The highest BCUT2D eigenvalue weighted by Crippen LogP contribution is 2.22. The number of hydrogen-bond acceptors (Lipinski definition) is 5. The molecule has 1 aromatic carbocycles. The minimum absolute atomic E-state index is 0.0642. The molecule has 1 unspecified atom stereocenters. The third-order valence-electron chi connectivity index (χ3n) is 4.47. The van der Waals surface area contributed by atoms with Crippen LogP contribution in [-0.2, 0) is 0 Å². The van der Waals surface area contributed by atoms with Crippen LogP contribution >= 0.6 is 11.3 Å². The predicted octanol–water partition coefficient (Wildman–Crippen LogP) is 2.65. The molecule has 1 atom stereocenters. The molecular weight excluding hydrogens is 334 g/mol. The lowest BCUT2D eigenvalue weighted by Gasteiger charge is -2.15. The van der Waals surface area contributed by atoms with Crippen molar-refractivity contribution in [3.8, 4) is 5.69 Å². The van der Waals surface area contributed by atoms with Crippen LogP contribution in [0.3, 0.4) is 0 Å². The van der Waals surface area contributed by atoms with Crippen LogP contribution in [0.1, 0.15) is 22.5 Å². The molecule has 0 bridgehead atoms. The Hall–Kier alpha value is -2.67. The maximum atomic E-state index is 12.7. The van der Waals surface area contributed by atoms with Crippen molar-refractivity contribution < 1.29 is 4.79 Å². The van der Waals surface area contributed by atoms with E-state index >= 15 is 0 Å². The lowest BCUT2D eigenvalue weighted by molar-refractivity contribution is 0.0939. The van der Waals surface area contributed by atoms with Crippen LogP contribution in [-0.4, -0.2) is 39.8 Å². The number of carbonyl (C=O) groups is 1. The van der Waals surface area contributed by atoms with Crippen molar-refractivity contribution in [2.45, 2.75) is 19.4 Å². The van der Waals surface area contributed by atoms with Crippen molar-refractivity contribution in [3.05, 3.63) is 59.4 Å². The van der Waals surface area contributed by atoms with Crippen LogP contribution in [0, 0.1) is 6.92 Å². The standard InChI is InChI=1S/C18H19N5OS/c1-13-16(11-20-23(13)15-5-3-2-4-6-15)17(24)21-14-7-9-22(12-14)18-19-8-10-25-18/h2-6,8,10-11,14H,7,9,12H2,1H3,(H,21,24). The summed E-state index contributed by atoms with van der Waals surface area (Å²) >= 11 is 1.63. The largest absolute Gasteiger partial charge is 0.347 e. The average molecular weight is 353 g/mol. The Labute approximate surface area is 150 Å². The number of carbonyl (C=O) groups excluding carboxylic acids is 1. The van der Waals surface area contributed by atoms with Crippen molar-refractivity contribution in [3.63, 3.8) is 0 Å². The second kappa shape index (κ2) is 6.68. The first kappa shape index (κ1) is 15.8. The minimum Gasteiger partial charge on any atom is -0.347 e. The van der Waals surface area contributed by atoms with E-state index in [-0.39, 0.29) is 11.9 Å². The number of anilines is 1. The van der Waals surface area contributed by atoms with Crippen LogP contribution in [0.15, 0.2) is 48.1 Å². The molecule has 0 spiro atoms. The van der Waals surface area contributed by atoms with E-state index in [0.717, 1.165) is 36.0 Å². The molecule has 25 heavy (non-hydrogen) atoms. The summed E-state index contributed by atoms with van der Waals surface area (Å²) in [6.45, 7) is 3.64. The minimum atomic E-state index is -0.0642. The Bertz CT molecular complexity index is 859. The SMILES string of the molecule is Cc1c(C(=O)NC2CCN(c3nccs3)C2)cnn1-c1ccccc1. The van der Waals surface area contributed by atoms with Gasteiger partial charge in [-0.25, -0.2) is 9.67 Å². The Kier molecular flexibility index (Phi) is 4.23. The lowest BCUT2D eigenvalue weighted by atomic mass is 10.2. The fourth-order valence-corrected chi connectivity index (χ4v) is 3.83. The summed E-state index contributed by atoms with van der Waals surface area (Å²) in [6, 6.07) is 9.97. The van der Waals surface area contributed by atoms with Crippen LogP contribution in [0.5, 0.6) is 0 Å². The van der Waals surface area contributed by atoms with E-state index in [0.29, 0.717) is 5.56 Å². The third kappa shape index (κ3) is 3.15. The Morgan fingerprint density at radius 3 is 2.92 bits per heavy atom. The number of nitrogens with one attached hydrogen (secondary N) is 1. The van der Waals surface area contributed by atoms with Crippen molar-refractivity contribution in [1.82, 2.24) is 20.1 Å². The zero-order valence-corrected chi connectivity index (χ0v) is 14.7. The first-order valence-electron chi connectivity index (χ1n) is 8.28. The molecule has 4 rings (SSSR count). The molecule has 7 heteroatoms. The third-order valence-corrected chi connectivity index (χ3v) is 5.30. The second-order valence-electron chi connectivity index (χ2n) is 6.11. The summed E-state index contributed by atoms with van der Waals surface area (Å²) in [7, 11) is 0. The molecule has 128 valence electrons. The van der Waals surface area contributed by atoms with E-state index in [9.17, 15) is 4.79 Å². The first-order valence-corrected chi connectivity index (χ1v) is 9.15. The molecular formula is C18H19N5OS. The second-order valence-corrected chi connectivity index (χ2v) is 6.98. The van der Waals surface area contributed by atoms with Gasteiger partial charge in [0.2, 0.25) is 0 Å². The highest BCUT2D eigenvalue weighted by molar-refractivity contribution is 7.13. The van der Waals surface area contributed by atoms with Crippen molar-refractivity contribution in [2.75, 3.05) is 18.0 Å². The van der Waals surface area contributed by atoms with Crippen LogP contribution in [0.4, 0.5) is 5.13 Å². The number of aromatic nitrogens is 3. The Balaban J connectivity index is 1.45. The zero-order valence-electron chi connectivity index (χ0n) is 13.9. The van der Waals surface area contributed by atoms with Gasteiger partial charge in [-0.2, -0.15) is 5.10 Å². The van der Waals surface area contributed by atoms with Crippen LogP contribution < -0.4 is 10.2 Å². The molecule has 1 saturated heterocycles. The van der Waals surface area contributed by atoms with Crippen molar-refractivity contribution in [1.29, 1.82) is 0 Å². The molecule has 1 amide bonds. The number of nitrogens with zero attached hydrogens (tertiary/aromatic N) is 4. The number of benzene rings is 1. The Morgan fingerprint density at radius 1 is 1.32 bits per heavy atom. The number of amides is 1. The van der Waals surface area contributed by atoms with E-state index in [1.165, 1.54) is 0 Å². The quantitative estimate of drug-likeness (QED) is 0.783. The van der Waals surface area contributed by atoms with E-state index in [1.807, 2.05) is 48.8 Å². The maximum Gasteiger partial charge on any atom is 0.255 e. The van der Waals surface area contributed by atoms with Gasteiger partial charge < -0.3 is 10.2 Å². The van der Waals surface area contributed by atoms with E-state index in [4.69, 9.17) is 0 Å². The number of hydrogen-bond donors (Lipinski definition) is 1. The maximum absolute atomic E-state index is 12.7. The van der Waals surface area contributed by atoms with E-state index < -0.39 is 0 Å². The normalized spacial score (nSPS) is 17.0. The zero-order chi connectivity index (χ0) is 17.2. The van der Waals surface area contributed by atoms with Crippen LogP contribution in [0.2, 0.25) is 0 Å². The Morgan fingerprint density at radius 2 is 2.16 bits per heavy atom. The van der Waals surface area contributed by atoms with Gasteiger partial charge in [-0.15, -0.1) is 11.3 Å². The number of para-hydroxylation sites is 1. The molecule has 0 radical (unpaired) electrons. The molecule has 3 heterocycles. The van der Waals surface area contributed by atoms with Gasteiger partial charge in [0.1, 0.15) is 0 Å². The smallest absolute Gasteiger partial charge is 0.255 e. The van der Waals surface area contributed by atoms with E-state index in [2.05, 4.69) is 20.3 Å². The summed E-state index contributed by atoms with van der Waals surface area (Å²) in [4.78, 5) is 19.2. The van der Waals surface area contributed by atoms with E-state index in [1.54, 1.807) is 22.2 Å².